The van der Waals surface area contributed by atoms with E-state index in [0.717, 1.165) is 42.7 Å². The van der Waals surface area contributed by atoms with E-state index in [9.17, 15) is 27.6 Å². The summed E-state index contributed by atoms with van der Waals surface area (Å²) in [6, 6.07) is 16.0. The summed E-state index contributed by atoms with van der Waals surface area (Å²) in [4.78, 5) is 41.5. The van der Waals surface area contributed by atoms with E-state index in [1.807, 2.05) is 29.2 Å². The Balaban J connectivity index is 1.40. The number of halogens is 3. The van der Waals surface area contributed by atoms with Crippen LogP contribution in [0.5, 0.6) is 11.5 Å². The molecule has 0 unspecified atom stereocenters. The Morgan fingerprint density at radius 1 is 0.902 bits per heavy atom. The maximum atomic E-state index is 13.1. The predicted molar refractivity (Wildman–Crippen MR) is 148 cm³/mol. The average molecular weight is 571 g/mol. The van der Waals surface area contributed by atoms with Crippen molar-refractivity contribution in [3.05, 3.63) is 77.6 Å². The van der Waals surface area contributed by atoms with Crippen LogP contribution in [-0.2, 0) is 15.8 Å². The third-order valence-corrected chi connectivity index (χ3v) is 6.82. The first-order valence-electron chi connectivity index (χ1n) is 13.5. The molecule has 0 bridgehead atoms. The van der Waals surface area contributed by atoms with Crippen LogP contribution in [0.4, 0.5) is 18.9 Å². The van der Waals surface area contributed by atoms with Crippen molar-refractivity contribution in [2.75, 3.05) is 18.4 Å². The summed E-state index contributed by atoms with van der Waals surface area (Å²) >= 11 is 0. The quantitative estimate of drug-likeness (QED) is 0.275. The number of rotatable bonds is 10. The number of carbonyl (C=O) groups is 3. The summed E-state index contributed by atoms with van der Waals surface area (Å²) in [5, 5.41) is 5.49. The molecule has 1 aliphatic rings. The highest BCUT2D eigenvalue weighted by atomic mass is 19.4. The molecule has 3 N–H and O–H groups in total. The first kappa shape index (κ1) is 29.7. The number of nitrogens with one attached hydrogen (secondary N) is 3. The van der Waals surface area contributed by atoms with Crippen LogP contribution in [0, 0.1) is 0 Å². The number of anilines is 1. The summed E-state index contributed by atoms with van der Waals surface area (Å²) in [6.07, 6.45) is -1.09. The van der Waals surface area contributed by atoms with E-state index in [1.165, 1.54) is 5.56 Å². The van der Waals surface area contributed by atoms with Gasteiger partial charge in [-0.3, -0.25) is 14.4 Å². The Bertz CT molecular complexity index is 1350. The summed E-state index contributed by atoms with van der Waals surface area (Å²) in [7, 11) is 0. The Labute approximate surface area is 236 Å². The molecule has 2 aromatic carbocycles. The van der Waals surface area contributed by atoms with Crippen molar-refractivity contribution in [1.82, 2.24) is 15.2 Å². The number of carbonyl (C=O) groups excluding carboxylic acids is 3. The van der Waals surface area contributed by atoms with E-state index in [4.69, 9.17) is 4.74 Å². The monoisotopic (exact) mass is 570 g/mol. The number of alkyl halides is 3. The molecular weight excluding hydrogens is 537 g/mol. The minimum Gasteiger partial charge on any atom is -0.457 e. The SMILES string of the molecule is CC(C)c1ccc(Oc2ccc(NC(=O)CN(CC(=O)NC3CCCC3)C(=O)c3ccc(C(F)(F)F)[nH]3)cc2)cc1. The molecule has 4 rings (SSSR count). The number of benzene rings is 2. The molecule has 0 aliphatic heterocycles. The van der Waals surface area contributed by atoms with E-state index < -0.39 is 42.7 Å². The lowest BCUT2D eigenvalue weighted by Gasteiger charge is -2.22. The third-order valence-electron chi connectivity index (χ3n) is 6.82. The number of amides is 3. The molecule has 1 fully saturated rings. The van der Waals surface area contributed by atoms with Gasteiger partial charge < -0.3 is 25.3 Å². The number of H-pyrrole nitrogens is 1. The van der Waals surface area contributed by atoms with Crippen molar-refractivity contribution >= 4 is 23.4 Å². The molecule has 0 saturated heterocycles. The second-order valence-electron chi connectivity index (χ2n) is 10.4. The number of aromatic amines is 1. The van der Waals surface area contributed by atoms with Gasteiger partial charge in [0.05, 0.1) is 0 Å². The van der Waals surface area contributed by atoms with Crippen molar-refractivity contribution in [3.63, 3.8) is 0 Å². The van der Waals surface area contributed by atoms with E-state index in [0.29, 0.717) is 23.1 Å². The molecule has 3 aromatic rings. The molecule has 1 heterocycles. The van der Waals surface area contributed by atoms with Crippen LogP contribution < -0.4 is 15.4 Å². The Hall–Kier alpha value is -4.28. The van der Waals surface area contributed by atoms with Crippen LogP contribution in [0.2, 0.25) is 0 Å². The zero-order chi connectivity index (χ0) is 29.6. The van der Waals surface area contributed by atoms with Crippen LogP contribution in [0.3, 0.4) is 0 Å². The van der Waals surface area contributed by atoms with Crippen LogP contribution in [-0.4, -0.2) is 46.7 Å². The fourth-order valence-corrected chi connectivity index (χ4v) is 4.61. The topological polar surface area (TPSA) is 104 Å². The van der Waals surface area contributed by atoms with Crippen molar-refractivity contribution in [3.8, 4) is 11.5 Å². The normalized spacial score (nSPS) is 13.7. The van der Waals surface area contributed by atoms with Gasteiger partial charge in [-0.2, -0.15) is 13.2 Å². The van der Waals surface area contributed by atoms with Crippen molar-refractivity contribution in [2.45, 2.75) is 57.7 Å². The van der Waals surface area contributed by atoms with Gasteiger partial charge in [-0.05, 0) is 72.9 Å². The maximum absolute atomic E-state index is 13.1. The van der Waals surface area contributed by atoms with Gasteiger partial charge >= 0.3 is 6.18 Å². The van der Waals surface area contributed by atoms with Gasteiger partial charge in [0.15, 0.2) is 0 Å². The molecular formula is C30H33F3N4O4. The molecule has 8 nitrogen and oxygen atoms in total. The molecule has 218 valence electrons. The fourth-order valence-electron chi connectivity index (χ4n) is 4.61. The number of hydrogen-bond acceptors (Lipinski definition) is 4. The third kappa shape index (κ3) is 8.36. The number of hydrogen-bond donors (Lipinski definition) is 3. The second kappa shape index (κ2) is 12.9. The first-order valence-corrected chi connectivity index (χ1v) is 13.5. The van der Waals surface area contributed by atoms with Gasteiger partial charge in [-0.25, -0.2) is 0 Å². The molecule has 1 aromatic heterocycles. The molecule has 1 aliphatic carbocycles. The van der Waals surface area contributed by atoms with Gasteiger partial charge in [-0.1, -0.05) is 38.8 Å². The summed E-state index contributed by atoms with van der Waals surface area (Å²) < 4.78 is 45.0. The largest absolute Gasteiger partial charge is 0.457 e. The lowest BCUT2D eigenvalue weighted by atomic mass is 10.0. The summed E-state index contributed by atoms with van der Waals surface area (Å²) in [5.41, 5.74) is 0.135. The highest BCUT2D eigenvalue weighted by Gasteiger charge is 2.34. The highest BCUT2D eigenvalue weighted by molar-refractivity contribution is 6.00. The predicted octanol–water partition coefficient (Wildman–Crippen LogP) is 6.09. The van der Waals surface area contributed by atoms with Gasteiger partial charge in [0.1, 0.15) is 36.0 Å². The van der Waals surface area contributed by atoms with Gasteiger partial charge in [0, 0.05) is 11.7 Å². The minimum atomic E-state index is -4.67. The zero-order valence-electron chi connectivity index (χ0n) is 22.9. The number of aromatic nitrogens is 1. The van der Waals surface area contributed by atoms with Crippen molar-refractivity contribution < 1.29 is 32.3 Å². The van der Waals surface area contributed by atoms with Crippen LogP contribution in [0.15, 0.2) is 60.7 Å². The molecule has 0 atom stereocenters. The lowest BCUT2D eigenvalue weighted by molar-refractivity contribution is -0.140. The second-order valence-corrected chi connectivity index (χ2v) is 10.4. The van der Waals surface area contributed by atoms with Gasteiger partial charge in [0.2, 0.25) is 11.8 Å². The first-order chi connectivity index (χ1) is 19.5. The Kier molecular flexibility index (Phi) is 9.36. The minimum absolute atomic E-state index is 0.0236. The molecule has 3 amide bonds. The van der Waals surface area contributed by atoms with Crippen LogP contribution >= 0.6 is 0 Å². The lowest BCUT2D eigenvalue weighted by Crippen LogP contribution is -2.46. The van der Waals surface area contributed by atoms with E-state index in [1.54, 1.807) is 24.3 Å². The van der Waals surface area contributed by atoms with E-state index in [-0.39, 0.29) is 11.7 Å². The average Bonchev–Trinajstić information content (AvgIpc) is 3.62. The molecule has 11 heteroatoms. The molecule has 0 radical (unpaired) electrons. The molecule has 0 spiro atoms. The van der Waals surface area contributed by atoms with E-state index >= 15 is 0 Å². The maximum Gasteiger partial charge on any atom is 0.431 e. The van der Waals surface area contributed by atoms with Gasteiger partial charge in [-0.15, -0.1) is 0 Å². The van der Waals surface area contributed by atoms with E-state index in [2.05, 4.69) is 24.5 Å². The summed E-state index contributed by atoms with van der Waals surface area (Å²) in [5.74, 6) is -0.386. The van der Waals surface area contributed by atoms with Crippen molar-refractivity contribution in [2.24, 2.45) is 0 Å². The zero-order valence-corrected chi connectivity index (χ0v) is 22.9. The van der Waals surface area contributed by atoms with Crippen LogP contribution in [0.25, 0.3) is 0 Å². The molecule has 1 saturated carbocycles. The van der Waals surface area contributed by atoms with Crippen LogP contribution in [0.1, 0.15) is 67.2 Å². The number of nitrogens with zero attached hydrogens (tertiary/aromatic N) is 1. The standard InChI is InChI=1S/C30H33F3N4O4/c1-19(2)20-7-11-23(12-8-20)41-24-13-9-22(10-14-24)35-28(39)18-37(17-27(38)34-21-5-3-4-6-21)29(40)25-15-16-26(36-25)30(31,32)33/h7-16,19,21,36H,3-6,17-18H2,1-2H3,(H,34,38)(H,35,39). The number of ether oxygens (including phenoxy) is 1. The molecule has 41 heavy (non-hydrogen) atoms. The summed E-state index contributed by atoms with van der Waals surface area (Å²) in [6.45, 7) is 3.18. The smallest absolute Gasteiger partial charge is 0.431 e. The van der Waals surface area contributed by atoms with Crippen molar-refractivity contribution in [1.29, 1.82) is 0 Å². The Morgan fingerprint density at radius 3 is 2.05 bits per heavy atom. The Morgan fingerprint density at radius 2 is 1.49 bits per heavy atom. The highest BCUT2D eigenvalue weighted by Crippen LogP contribution is 2.29. The fraction of sp³-hybridized carbons (Fsp3) is 0.367. The van der Waals surface area contributed by atoms with Gasteiger partial charge in [0.25, 0.3) is 5.91 Å².